The molecular formula is C16H16ClN5O2. The minimum atomic E-state index is -0.997. The van der Waals surface area contributed by atoms with Gasteiger partial charge in [-0.3, -0.25) is 0 Å². The van der Waals surface area contributed by atoms with E-state index in [4.69, 9.17) is 16.7 Å². The first-order valence-corrected chi connectivity index (χ1v) is 7.94. The molecule has 124 valence electrons. The molecule has 24 heavy (non-hydrogen) atoms. The Labute approximate surface area is 143 Å². The highest BCUT2D eigenvalue weighted by atomic mass is 35.5. The summed E-state index contributed by atoms with van der Waals surface area (Å²) in [4.78, 5) is 20.0. The zero-order chi connectivity index (χ0) is 17.1. The number of carboxylic acid groups (broad SMARTS) is 1. The Kier molecular flexibility index (Phi) is 4.58. The summed E-state index contributed by atoms with van der Waals surface area (Å²) < 4.78 is 0. The molecule has 1 saturated heterocycles. The van der Waals surface area contributed by atoms with Gasteiger partial charge in [0.05, 0.1) is 5.56 Å². The van der Waals surface area contributed by atoms with Crippen molar-refractivity contribution in [3.05, 3.63) is 35.1 Å². The first kappa shape index (κ1) is 16.1. The third-order valence-electron chi connectivity index (χ3n) is 4.09. The van der Waals surface area contributed by atoms with Crippen LogP contribution >= 0.6 is 11.6 Å². The number of nitrogens with zero attached hydrogens (tertiary/aromatic N) is 3. The van der Waals surface area contributed by atoms with E-state index < -0.39 is 6.09 Å². The number of amides is 1. The molecule has 0 unspecified atom stereocenters. The van der Waals surface area contributed by atoms with Crippen LogP contribution in [0.5, 0.6) is 0 Å². The summed E-state index contributed by atoms with van der Waals surface area (Å²) in [5.41, 5.74) is 2.22. The normalized spacial score (nSPS) is 15.1. The van der Waals surface area contributed by atoms with Crippen molar-refractivity contribution in [1.29, 1.82) is 5.26 Å². The lowest BCUT2D eigenvalue weighted by atomic mass is 10.1. The molecule has 1 amide bonds. The second-order valence-corrected chi connectivity index (χ2v) is 6.02. The van der Waals surface area contributed by atoms with E-state index in [0.717, 1.165) is 17.1 Å². The van der Waals surface area contributed by atoms with Gasteiger partial charge in [0.1, 0.15) is 17.0 Å². The van der Waals surface area contributed by atoms with Gasteiger partial charge < -0.3 is 20.3 Å². The van der Waals surface area contributed by atoms with Crippen LogP contribution in [0, 0.1) is 11.3 Å². The first-order chi connectivity index (χ1) is 11.6. The van der Waals surface area contributed by atoms with Crippen LogP contribution in [0.1, 0.15) is 18.4 Å². The number of piperidine rings is 1. The minimum Gasteiger partial charge on any atom is -0.465 e. The van der Waals surface area contributed by atoms with Crippen molar-refractivity contribution in [2.45, 2.75) is 18.9 Å². The number of aromatic nitrogens is 2. The highest BCUT2D eigenvalue weighted by Crippen LogP contribution is 2.29. The van der Waals surface area contributed by atoms with Crippen LogP contribution in [0.3, 0.4) is 0 Å². The molecule has 7 nitrogen and oxygen atoms in total. The van der Waals surface area contributed by atoms with E-state index in [1.54, 1.807) is 18.3 Å². The van der Waals surface area contributed by atoms with Crippen LogP contribution < -0.4 is 10.2 Å². The molecule has 0 bridgehead atoms. The molecule has 0 aliphatic carbocycles. The molecule has 0 aromatic carbocycles. The van der Waals surface area contributed by atoms with Crippen LogP contribution in [0.2, 0.25) is 5.15 Å². The lowest BCUT2D eigenvalue weighted by Gasteiger charge is -2.32. The quantitative estimate of drug-likeness (QED) is 0.742. The SMILES string of the molecule is N#Cc1cc(-c2ccnc(Cl)c2)[nH]c1N1CCC(NC(=O)O)CC1. The smallest absolute Gasteiger partial charge is 0.404 e. The van der Waals surface area contributed by atoms with Gasteiger partial charge in [-0.2, -0.15) is 5.26 Å². The Morgan fingerprint density at radius 2 is 2.21 bits per heavy atom. The van der Waals surface area contributed by atoms with Gasteiger partial charge >= 0.3 is 6.09 Å². The average molecular weight is 346 g/mol. The van der Waals surface area contributed by atoms with E-state index in [9.17, 15) is 10.1 Å². The average Bonchev–Trinajstić information content (AvgIpc) is 2.99. The van der Waals surface area contributed by atoms with Crippen LogP contribution in [0.4, 0.5) is 10.6 Å². The van der Waals surface area contributed by atoms with Gasteiger partial charge in [-0.05, 0) is 31.0 Å². The third-order valence-corrected chi connectivity index (χ3v) is 4.30. The van der Waals surface area contributed by atoms with Gasteiger partial charge in [0.2, 0.25) is 0 Å². The number of carbonyl (C=O) groups is 1. The lowest BCUT2D eigenvalue weighted by molar-refractivity contribution is 0.187. The molecule has 0 saturated carbocycles. The summed E-state index contributed by atoms with van der Waals surface area (Å²) in [5, 5.41) is 21.1. The maximum atomic E-state index is 10.7. The zero-order valence-electron chi connectivity index (χ0n) is 12.8. The van der Waals surface area contributed by atoms with Crippen molar-refractivity contribution >= 4 is 23.5 Å². The minimum absolute atomic E-state index is 0.0438. The maximum absolute atomic E-state index is 10.7. The molecule has 2 aromatic rings. The number of anilines is 1. The molecule has 0 atom stereocenters. The lowest BCUT2D eigenvalue weighted by Crippen LogP contribution is -2.44. The van der Waals surface area contributed by atoms with Gasteiger partial charge in [-0.1, -0.05) is 11.6 Å². The summed E-state index contributed by atoms with van der Waals surface area (Å²) in [6, 6.07) is 7.52. The van der Waals surface area contributed by atoms with E-state index in [1.807, 2.05) is 6.07 Å². The number of nitriles is 1. The molecule has 1 aliphatic rings. The Morgan fingerprint density at radius 3 is 2.83 bits per heavy atom. The number of nitrogens with one attached hydrogen (secondary N) is 2. The Morgan fingerprint density at radius 1 is 1.46 bits per heavy atom. The molecule has 8 heteroatoms. The second-order valence-electron chi connectivity index (χ2n) is 5.64. The fourth-order valence-corrected chi connectivity index (χ4v) is 3.10. The molecule has 1 fully saturated rings. The van der Waals surface area contributed by atoms with Crippen molar-refractivity contribution in [3.8, 4) is 17.3 Å². The Bertz CT molecular complexity index is 790. The molecule has 3 rings (SSSR count). The fourth-order valence-electron chi connectivity index (χ4n) is 2.93. The van der Waals surface area contributed by atoms with Crippen LogP contribution in [0.15, 0.2) is 24.4 Å². The number of pyridine rings is 1. The molecule has 3 heterocycles. The number of aromatic amines is 1. The van der Waals surface area contributed by atoms with E-state index in [0.29, 0.717) is 36.6 Å². The van der Waals surface area contributed by atoms with Gasteiger partial charge in [0.25, 0.3) is 0 Å². The Balaban J connectivity index is 1.80. The highest BCUT2D eigenvalue weighted by Gasteiger charge is 2.23. The van der Waals surface area contributed by atoms with Gasteiger partial charge in [-0.15, -0.1) is 0 Å². The van der Waals surface area contributed by atoms with Gasteiger partial charge in [0, 0.05) is 36.6 Å². The molecule has 0 radical (unpaired) electrons. The molecule has 2 aromatic heterocycles. The van der Waals surface area contributed by atoms with E-state index in [2.05, 4.69) is 26.3 Å². The van der Waals surface area contributed by atoms with Gasteiger partial charge in [0.15, 0.2) is 0 Å². The molecular weight excluding hydrogens is 330 g/mol. The first-order valence-electron chi connectivity index (χ1n) is 7.56. The standard InChI is InChI=1S/C16H16ClN5O2/c17-14-8-10(1-4-19-14)13-7-11(9-18)15(21-13)22-5-2-12(3-6-22)20-16(23)24/h1,4,7-8,12,20-21H,2-3,5-6H2,(H,23,24). The van der Waals surface area contributed by atoms with Crippen molar-refractivity contribution in [2.75, 3.05) is 18.0 Å². The van der Waals surface area contributed by atoms with Crippen molar-refractivity contribution < 1.29 is 9.90 Å². The topological polar surface area (TPSA) is 105 Å². The van der Waals surface area contributed by atoms with E-state index in [-0.39, 0.29) is 6.04 Å². The van der Waals surface area contributed by atoms with Gasteiger partial charge in [-0.25, -0.2) is 9.78 Å². The number of rotatable bonds is 3. The molecule has 1 aliphatic heterocycles. The zero-order valence-corrected chi connectivity index (χ0v) is 13.5. The maximum Gasteiger partial charge on any atom is 0.404 e. The summed E-state index contributed by atoms with van der Waals surface area (Å²) in [5.74, 6) is 0.759. The monoisotopic (exact) mass is 345 g/mol. The van der Waals surface area contributed by atoms with Crippen molar-refractivity contribution in [3.63, 3.8) is 0 Å². The number of hydrogen-bond acceptors (Lipinski definition) is 4. The van der Waals surface area contributed by atoms with Crippen molar-refractivity contribution in [2.24, 2.45) is 0 Å². The summed E-state index contributed by atoms with van der Waals surface area (Å²) in [6.07, 6.45) is 2.02. The number of halogens is 1. The van der Waals surface area contributed by atoms with Crippen LogP contribution in [-0.4, -0.2) is 40.3 Å². The fraction of sp³-hybridized carbons (Fsp3) is 0.312. The molecule has 3 N–H and O–H groups in total. The molecule has 0 spiro atoms. The van der Waals surface area contributed by atoms with Crippen LogP contribution in [0.25, 0.3) is 11.3 Å². The largest absolute Gasteiger partial charge is 0.465 e. The van der Waals surface area contributed by atoms with E-state index in [1.165, 1.54) is 0 Å². The summed E-state index contributed by atoms with van der Waals surface area (Å²) >= 11 is 5.93. The number of hydrogen-bond donors (Lipinski definition) is 3. The van der Waals surface area contributed by atoms with E-state index >= 15 is 0 Å². The summed E-state index contributed by atoms with van der Waals surface area (Å²) in [7, 11) is 0. The Hall–Kier alpha value is -2.72. The predicted molar refractivity (Wildman–Crippen MR) is 90.1 cm³/mol. The summed E-state index contributed by atoms with van der Waals surface area (Å²) in [6.45, 7) is 1.35. The highest BCUT2D eigenvalue weighted by molar-refractivity contribution is 6.29. The van der Waals surface area contributed by atoms with Crippen LogP contribution in [-0.2, 0) is 0 Å². The number of H-pyrrole nitrogens is 1. The second kappa shape index (κ2) is 6.81. The predicted octanol–water partition coefficient (Wildman–Crippen LogP) is 2.84. The van der Waals surface area contributed by atoms with Crippen molar-refractivity contribution in [1.82, 2.24) is 15.3 Å². The third kappa shape index (κ3) is 3.44.